The second kappa shape index (κ2) is 2.59. The molecule has 2 aliphatic heterocycles. The van der Waals surface area contributed by atoms with Crippen LogP contribution in [0.3, 0.4) is 0 Å². The first-order valence-corrected chi connectivity index (χ1v) is 5.04. The molecule has 0 aliphatic carbocycles. The van der Waals surface area contributed by atoms with Gasteiger partial charge in [0.2, 0.25) is 0 Å². The van der Waals surface area contributed by atoms with Crippen molar-refractivity contribution >= 4 is 17.8 Å². The van der Waals surface area contributed by atoms with E-state index in [0.717, 1.165) is 12.2 Å². The van der Waals surface area contributed by atoms with Gasteiger partial charge in [0.05, 0.1) is 12.1 Å². The summed E-state index contributed by atoms with van der Waals surface area (Å²) in [5.41, 5.74) is 0. The molecule has 2 rings (SSSR count). The molecule has 3 nitrogen and oxygen atoms in total. The van der Waals surface area contributed by atoms with Crippen molar-refractivity contribution in [2.75, 3.05) is 5.75 Å². The molecule has 0 aromatic heterocycles. The zero-order valence-electron chi connectivity index (χ0n) is 6.46. The highest BCUT2D eigenvalue weighted by Crippen LogP contribution is 2.31. The Hall–Kier alpha value is -0.380. The first-order valence-electron chi connectivity index (χ1n) is 4.00. The van der Waals surface area contributed by atoms with Gasteiger partial charge in [0.1, 0.15) is 0 Å². The van der Waals surface area contributed by atoms with Crippen molar-refractivity contribution in [3.8, 4) is 0 Å². The molecule has 4 heteroatoms. The van der Waals surface area contributed by atoms with Crippen LogP contribution in [0.2, 0.25) is 0 Å². The largest absolute Gasteiger partial charge is 0.332 e. The van der Waals surface area contributed by atoms with Crippen LogP contribution in [0, 0.1) is 0 Å². The molecular formula is C7H12N2OS. The molecular weight excluding hydrogens is 160 g/mol. The quantitative estimate of drug-likeness (QED) is 0.567. The Balaban J connectivity index is 2.07. The summed E-state index contributed by atoms with van der Waals surface area (Å²) < 4.78 is 0. The lowest BCUT2D eigenvalue weighted by Gasteiger charge is -2.13. The molecule has 0 saturated carbocycles. The summed E-state index contributed by atoms with van der Waals surface area (Å²) >= 11 is 1.96. The highest BCUT2D eigenvalue weighted by molar-refractivity contribution is 8.00. The monoisotopic (exact) mass is 172 g/mol. The number of hydrogen-bond donors (Lipinski definition) is 2. The van der Waals surface area contributed by atoms with Crippen LogP contribution in [0.1, 0.15) is 13.3 Å². The fraction of sp³-hybridized carbons (Fsp3) is 0.857. The Kier molecular flexibility index (Phi) is 1.71. The lowest BCUT2D eigenvalue weighted by molar-refractivity contribution is 0.247. The minimum Gasteiger partial charge on any atom is -0.332 e. The molecule has 2 saturated heterocycles. The first kappa shape index (κ1) is 7.28. The van der Waals surface area contributed by atoms with Gasteiger partial charge in [-0.05, 0) is 6.42 Å². The fourth-order valence-corrected chi connectivity index (χ4v) is 3.20. The summed E-state index contributed by atoms with van der Waals surface area (Å²) in [6, 6.07) is 0.786. The van der Waals surface area contributed by atoms with Gasteiger partial charge in [0.15, 0.2) is 0 Å². The number of rotatable bonds is 1. The Bertz CT molecular complexity index is 185. The van der Waals surface area contributed by atoms with Crippen molar-refractivity contribution in [1.29, 1.82) is 0 Å². The van der Waals surface area contributed by atoms with Gasteiger partial charge in [-0.1, -0.05) is 6.92 Å². The van der Waals surface area contributed by atoms with E-state index in [4.69, 9.17) is 0 Å². The van der Waals surface area contributed by atoms with E-state index < -0.39 is 0 Å². The number of hydrogen-bond acceptors (Lipinski definition) is 2. The predicted molar refractivity (Wildman–Crippen MR) is 45.8 cm³/mol. The van der Waals surface area contributed by atoms with Crippen LogP contribution in [0.5, 0.6) is 0 Å². The molecule has 0 aromatic carbocycles. The number of urea groups is 1. The number of nitrogens with one attached hydrogen (secondary N) is 2. The van der Waals surface area contributed by atoms with Crippen molar-refractivity contribution in [1.82, 2.24) is 10.6 Å². The van der Waals surface area contributed by atoms with Gasteiger partial charge in [0.25, 0.3) is 0 Å². The fourth-order valence-electron chi connectivity index (χ4n) is 1.75. The molecule has 0 bridgehead atoms. The van der Waals surface area contributed by atoms with Crippen LogP contribution in [-0.2, 0) is 0 Å². The molecule has 11 heavy (non-hydrogen) atoms. The van der Waals surface area contributed by atoms with Gasteiger partial charge in [-0.3, -0.25) is 0 Å². The average molecular weight is 172 g/mol. The van der Waals surface area contributed by atoms with Gasteiger partial charge in [-0.15, -0.1) is 0 Å². The predicted octanol–water partition coefficient (Wildman–Crippen LogP) is 0.562. The third kappa shape index (κ3) is 1.09. The van der Waals surface area contributed by atoms with E-state index in [9.17, 15) is 4.79 Å². The van der Waals surface area contributed by atoms with E-state index in [0.29, 0.717) is 17.3 Å². The minimum atomic E-state index is 0.0127. The summed E-state index contributed by atoms with van der Waals surface area (Å²) in [6.07, 6.45) is 1.15. The summed E-state index contributed by atoms with van der Waals surface area (Å²) in [6.45, 7) is 2.17. The van der Waals surface area contributed by atoms with Gasteiger partial charge in [0, 0.05) is 11.0 Å². The Morgan fingerprint density at radius 3 is 3.18 bits per heavy atom. The SMILES string of the molecule is CC[C@@H]1SC[C@@H]2NC(=O)N[C@@H]21. The Morgan fingerprint density at radius 1 is 1.64 bits per heavy atom. The van der Waals surface area contributed by atoms with E-state index in [1.54, 1.807) is 0 Å². The summed E-state index contributed by atoms with van der Waals surface area (Å²) in [7, 11) is 0. The molecule has 0 unspecified atom stereocenters. The van der Waals surface area contributed by atoms with Crippen LogP contribution in [0.25, 0.3) is 0 Å². The van der Waals surface area contributed by atoms with Gasteiger partial charge < -0.3 is 10.6 Å². The number of fused-ring (bicyclic) bond motifs is 1. The number of carbonyl (C=O) groups is 1. The standard InChI is InChI=1S/C7H12N2OS/c1-2-5-6-4(3-11-5)8-7(10)9-6/h4-6H,2-3H2,1H3,(H2,8,9,10)/t4-,5-,6-/m0/s1. The second-order valence-electron chi connectivity index (χ2n) is 3.03. The second-order valence-corrected chi connectivity index (χ2v) is 4.30. The molecule has 0 aromatic rings. The molecule has 2 amide bonds. The smallest absolute Gasteiger partial charge is 0.315 e. The lowest BCUT2D eigenvalue weighted by atomic mass is 10.1. The maximum atomic E-state index is 10.9. The van der Waals surface area contributed by atoms with Crippen molar-refractivity contribution in [2.24, 2.45) is 0 Å². The maximum Gasteiger partial charge on any atom is 0.315 e. The third-order valence-electron chi connectivity index (χ3n) is 2.34. The van der Waals surface area contributed by atoms with Crippen molar-refractivity contribution < 1.29 is 4.79 Å². The van der Waals surface area contributed by atoms with E-state index in [1.165, 1.54) is 0 Å². The van der Waals surface area contributed by atoms with Crippen molar-refractivity contribution in [3.63, 3.8) is 0 Å². The van der Waals surface area contributed by atoms with Crippen LogP contribution in [0.15, 0.2) is 0 Å². The summed E-state index contributed by atoms with van der Waals surface area (Å²) in [5, 5.41) is 6.48. The molecule has 2 fully saturated rings. The van der Waals surface area contributed by atoms with Crippen LogP contribution < -0.4 is 10.6 Å². The number of amides is 2. The van der Waals surface area contributed by atoms with Crippen molar-refractivity contribution in [3.05, 3.63) is 0 Å². The average Bonchev–Trinajstić information content (AvgIpc) is 2.45. The maximum absolute atomic E-state index is 10.9. The highest BCUT2D eigenvalue weighted by Gasteiger charge is 2.41. The van der Waals surface area contributed by atoms with Gasteiger partial charge >= 0.3 is 6.03 Å². The molecule has 3 atom stereocenters. The van der Waals surface area contributed by atoms with Gasteiger partial charge in [-0.25, -0.2) is 4.79 Å². The third-order valence-corrected chi connectivity index (χ3v) is 3.95. The molecule has 2 N–H and O–H groups in total. The zero-order valence-corrected chi connectivity index (χ0v) is 7.28. The highest BCUT2D eigenvalue weighted by atomic mass is 32.2. The Labute approximate surface area is 70.3 Å². The van der Waals surface area contributed by atoms with Crippen LogP contribution in [-0.4, -0.2) is 29.1 Å². The van der Waals surface area contributed by atoms with E-state index in [-0.39, 0.29) is 6.03 Å². The summed E-state index contributed by atoms with van der Waals surface area (Å²) in [5.74, 6) is 1.07. The first-order chi connectivity index (χ1) is 5.31. The molecule has 0 radical (unpaired) electrons. The zero-order chi connectivity index (χ0) is 7.84. The molecule has 62 valence electrons. The summed E-state index contributed by atoms with van der Waals surface area (Å²) in [4.78, 5) is 10.9. The van der Waals surface area contributed by atoms with Gasteiger partial charge in [-0.2, -0.15) is 11.8 Å². The lowest BCUT2D eigenvalue weighted by Crippen LogP contribution is -2.36. The number of carbonyl (C=O) groups excluding carboxylic acids is 1. The van der Waals surface area contributed by atoms with Crippen LogP contribution in [0.4, 0.5) is 4.79 Å². The number of thioether (sulfide) groups is 1. The molecule has 2 heterocycles. The minimum absolute atomic E-state index is 0.0127. The molecule has 0 spiro atoms. The topological polar surface area (TPSA) is 41.1 Å². The van der Waals surface area contributed by atoms with E-state index in [2.05, 4.69) is 17.6 Å². The van der Waals surface area contributed by atoms with E-state index >= 15 is 0 Å². The van der Waals surface area contributed by atoms with Crippen molar-refractivity contribution in [2.45, 2.75) is 30.7 Å². The van der Waals surface area contributed by atoms with E-state index in [1.807, 2.05) is 11.8 Å². The Morgan fingerprint density at radius 2 is 2.45 bits per heavy atom. The molecule has 2 aliphatic rings. The van der Waals surface area contributed by atoms with Crippen LogP contribution >= 0.6 is 11.8 Å². The normalized spacial score (nSPS) is 41.5.